The normalized spacial score (nSPS) is 29.9. The van der Waals surface area contributed by atoms with Crippen LogP contribution in [-0.2, 0) is 42.7 Å². The number of fused-ring (bicyclic) bond motifs is 3. The molecule has 0 radical (unpaired) electrons. The molecule has 2 N–H and O–H groups in total. The first-order valence-corrected chi connectivity index (χ1v) is 16.8. The lowest BCUT2D eigenvalue weighted by Gasteiger charge is -2.55. The minimum atomic E-state index is -4.28. The summed E-state index contributed by atoms with van der Waals surface area (Å²) in [4.78, 5) is 29.7. The topological polar surface area (TPSA) is 142 Å². The van der Waals surface area contributed by atoms with E-state index in [-0.39, 0.29) is 57.4 Å². The minimum Gasteiger partial charge on any atom is -0.333 e. The molecular formula is C25H28N4O6S3. The highest BCUT2D eigenvalue weighted by Gasteiger charge is 2.58. The molecule has 2 aliphatic heterocycles. The number of nitrogens with one attached hydrogen (secondary N) is 2. The van der Waals surface area contributed by atoms with Gasteiger partial charge in [0, 0.05) is 30.6 Å². The second-order valence-corrected chi connectivity index (χ2v) is 14.8. The van der Waals surface area contributed by atoms with E-state index >= 15 is 0 Å². The van der Waals surface area contributed by atoms with Gasteiger partial charge in [0.2, 0.25) is 15.9 Å². The van der Waals surface area contributed by atoms with E-state index in [9.17, 15) is 26.4 Å². The number of hydrogen-bond acceptors (Lipinski definition) is 8. The zero-order chi connectivity index (χ0) is 26.8. The number of hydrogen-bond donors (Lipinski definition) is 2. The van der Waals surface area contributed by atoms with Crippen LogP contribution in [0.15, 0.2) is 45.0 Å². The van der Waals surface area contributed by atoms with Gasteiger partial charge in [0.25, 0.3) is 10.0 Å². The van der Waals surface area contributed by atoms with E-state index in [0.717, 1.165) is 48.8 Å². The molecule has 1 unspecified atom stereocenters. The van der Waals surface area contributed by atoms with Crippen molar-refractivity contribution in [3.05, 3.63) is 46.8 Å². The lowest BCUT2D eigenvalue weighted by atomic mass is 9.57. The maximum absolute atomic E-state index is 14.0. The van der Waals surface area contributed by atoms with Gasteiger partial charge in [0.1, 0.15) is 15.7 Å². The molecule has 3 aliphatic carbocycles. The van der Waals surface area contributed by atoms with Crippen molar-refractivity contribution >= 4 is 53.9 Å². The van der Waals surface area contributed by atoms with E-state index in [1.165, 1.54) is 5.38 Å². The predicted octanol–water partition coefficient (Wildman–Crippen LogP) is 2.34. The number of Topliss-reactive ketones (excluding diaryl/α,β-unsaturated/α-hetero) is 1. The van der Waals surface area contributed by atoms with Crippen LogP contribution in [0.3, 0.4) is 0 Å². The number of amides is 1. The Morgan fingerprint density at radius 2 is 1.79 bits per heavy atom. The molecule has 10 nitrogen and oxygen atoms in total. The zero-order valence-corrected chi connectivity index (χ0v) is 23.1. The number of ketones is 1. The molecule has 5 aliphatic rings. The number of nitrogens with zero attached hydrogens (tertiary/aromatic N) is 2. The molecule has 38 heavy (non-hydrogen) atoms. The van der Waals surface area contributed by atoms with Crippen LogP contribution < -0.4 is 10.0 Å². The van der Waals surface area contributed by atoms with E-state index in [1.54, 1.807) is 4.90 Å². The van der Waals surface area contributed by atoms with Crippen molar-refractivity contribution in [3.8, 4) is 0 Å². The van der Waals surface area contributed by atoms with Gasteiger partial charge >= 0.3 is 0 Å². The summed E-state index contributed by atoms with van der Waals surface area (Å²) in [5.41, 5.74) is 1.20. The molecule has 1 amide bonds. The van der Waals surface area contributed by atoms with Crippen LogP contribution in [0.25, 0.3) is 0 Å². The van der Waals surface area contributed by atoms with E-state index in [1.807, 2.05) is 30.3 Å². The number of sulfonamides is 2. The number of thiophene rings is 1. The molecular weight excluding hydrogens is 548 g/mol. The van der Waals surface area contributed by atoms with Crippen LogP contribution in [0.2, 0.25) is 0 Å². The average molecular weight is 577 g/mol. The van der Waals surface area contributed by atoms with Gasteiger partial charge in [-0.05, 0) is 48.5 Å². The van der Waals surface area contributed by atoms with Gasteiger partial charge in [-0.25, -0.2) is 13.1 Å². The van der Waals surface area contributed by atoms with Gasteiger partial charge in [-0.2, -0.15) is 8.42 Å². The van der Waals surface area contributed by atoms with Crippen molar-refractivity contribution in [2.45, 2.75) is 49.7 Å². The van der Waals surface area contributed by atoms with Gasteiger partial charge in [-0.15, -0.1) is 15.7 Å². The van der Waals surface area contributed by atoms with E-state index in [4.69, 9.17) is 0 Å². The smallest absolute Gasteiger partial charge is 0.287 e. The summed E-state index contributed by atoms with van der Waals surface area (Å²) in [6.07, 6.45) is 4.82. The molecule has 202 valence electrons. The summed E-state index contributed by atoms with van der Waals surface area (Å²) < 4.78 is 55.9. The second kappa shape index (κ2) is 9.25. The third kappa shape index (κ3) is 4.38. The van der Waals surface area contributed by atoms with Crippen LogP contribution in [0.5, 0.6) is 0 Å². The molecule has 1 saturated heterocycles. The van der Waals surface area contributed by atoms with Crippen LogP contribution in [-0.4, -0.2) is 51.6 Å². The third-order valence-electron chi connectivity index (χ3n) is 8.21. The number of benzene rings is 1. The first-order chi connectivity index (χ1) is 18.0. The number of carbonyl (C=O) groups excluding carboxylic acids is 2. The number of likely N-dealkylation sites (tertiary alicyclic amines) is 1. The van der Waals surface area contributed by atoms with Crippen molar-refractivity contribution in [2.24, 2.45) is 28.1 Å². The van der Waals surface area contributed by atoms with Gasteiger partial charge in [-0.1, -0.05) is 30.3 Å². The van der Waals surface area contributed by atoms with Crippen molar-refractivity contribution in [3.63, 3.8) is 0 Å². The monoisotopic (exact) mass is 576 g/mol. The Balaban J connectivity index is 1.37. The van der Waals surface area contributed by atoms with Gasteiger partial charge in [0.05, 0.1) is 6.26 Å². The zero-order valence-electron chi connectivity index (χ0n) is 20.7. The summed E-state index contributed by atoms with van der Waals surface area (Å²) in [7, 11) is -7.83. The SMILES string of the molecule is CS(=O)(=O)NCc1csc2c1S(=O)(=O)N=C(C1C(=O)[C@@H]3C4CCC(CC4)[C@@H]3N(Cc3ccccc3)C1=O)N2. The van der Waals surface area contributed by atoms with E-state index in [0.29, 0.717) is 6.54 Å². The Bertz CT molecular complexity index is 1540. The molecule has 13 heteroatoms. The Morgan fingerprint density at radius 3 is 2.47 bits per heavy atom. The van der Waals surface area contributed by atoms with Gasteiger partial charge < -0.3 is 10.2 Å². The number of anilines is 1. The summed E-state index contributed by atoms with van der Waals surface area (Å²) in [6.45, 7) is 0.134. The molecule has 3 atom stereocenters. The molecule has 3 saturated carbocycles. The number of carbonyl (C=O) groups is 2. The Kier molecular flexibility index (Phi) is 6.24. The van der Waals surface area contributed by atoms with Gasteiger partial charge in [-0.3, -0.25) is 9.59 Å². The molecule has 4 fully saturated rings. The van der Waals surface area contributed by atoms with E-state index < -0.39 is 31.9 Å². The molecule has 1 aromatic heterocycles. The fourth-order valence-electron chi connectivity index (χ4n) is 6.63. The van der Waals surface area contributed by atoms with Crippen LogP contribution in [0.1, 0.15) is 36.8 Å². The van der Waals surface area contributed by atoms with Crippen molar-refractivity contribution in [1.29, 1.82) is 0 Å². The van der Waals surface area contributed by atoms with Crippen molar-refractivity contribution in [1.82, 2.24) is 9.62 Å². The quantitative estimate of drug-likeness (QED) is 0.503. The van der Waals surface area contributed by atoms with Crippen LogP contribution >= 0.6 is 11.3 Å². The molecule has 2 aromatic rings. The van der Waals surface area contributed by atoms with Gasteiger partial charge in [0.15, 0.2) is 11.7 Å². The molecule has 7 rings (SSSR count). The second-order valence-electron chi connectivity index (χ2n) is 10.6. The summed E-state index contributed by atoms with van der Waals surface area (Å²) >= 11 is 1.07. The molecule has 1 aromatic carbocycles. The Labute approximate surface area is 225 Å². The third-order valence-corrected chi connectivity index (χ3v) is 11.4. The Morgan fingerprint density at radius 1 is 1.11 bits per heavy atom. The minimum absolute atomic E-state index is 0.131. The number of amidine groups is 1. The number of rotatable bonds is 6. The fraction of sp³-hybridized carbons (Fsp3) is 0.480. The first kappa shape index (κ1) is 25.7. The highest BCUT2D eigenvalue weighted by atomic mass is 32.2. The maximum Gasteiger partial charge on any atom is 0.287 e. The maximum atomic E-state index is 14.0. The number of piperidine rings is 1. The van der Waals surface area contributed by atoms with Crippen molar-refractivity contribution < 1.29 is 26.4 Å². The molecule has 0 spiro atoms. The fourth-order valence-corrected chi connectivity index (χ4v) is 9.70. The molecule has 2 bridgehead atoms. The average Bonchev–Trinajstić information content (AvgIpc) is 3.30. The summed E-state index contributed by atoms with van der Waals surface area (Å²) in [5, 5.41) is 4.73. The summed E-state index contributed by atoms with van der Waals surface area (Å²) in [6, 6.07) is 9.42. The highest BCUT2D eigenvalue weighted by molar-refractivity contribution is 7.91. The van der Waals surface area contributed by atoms with Crippen LogP contribution in [0, 0.1) is 23.7 Å². The standard InChI is InChI=1S/C25H28N4O6S3/c1-37(32,33)26-11-17-13-36-24-22(17)38(34,35)28-23(27-24)19-21(30)18-15-7-9-16(10-8-15)20(18)29(25(19)31)12-14-5-3-2-4-6-14/h2-6,13,15-16,18-20,26H,7-12H2,1H3,(H,27,28)/t15?,16?,18-,19?,20+/m1/s1. The lowest BCUT2D eigenvalue weighted by molar-refractivity contribution is -0.162. The Hall–Kier alpha value is -2.61. The van der Waals surface area contributed by atoms with Crippen LogP contribution in [0.4, 0.5) is 5.00 Å². The largest absolute Gasteiger partial charge is 0.333 e. The molecule has 3 heterocycles. The summed E-state index contributed by atoms with van der Waals surface area (Å²) in [5.74, 6) is -2.11. The van der Waals surface area contributed by atoms with E-state index in [2.05, 4.69) is 14.4 Å². The highest BCUT2D eigenvalue weighted by Crippen LogP contribution is 2.51. The predicted molar refractivity (Wildman–Crippen MR) is 142 cm³/mol. The lowest BCUT2D eigenvalue weighted by Crippen LogP contribution is -2.66. The van der Waals surface area contributed by atoms with Crippen molar-refractivity contribution in [2.75, 3.05) is 11.6 Å². The first-order valence-electron chi connectivity index (χ1n) is 12.6.